The van der Waals surface area contributed by atoms with E-state index in [1.807, 2.05) is 0 Å². The zero-order valence-corrected chi connectivity index (χ0v) is 10.2. The van der Waals surface area contributed by atoms with Crippen LogP contribution in [0.15, 0.2) is 0 Å². The molecule has 0 amide bonds. The molecule has 0 saturated carbocycles. The van der Waals surface area contributed by atoms with E-state index in [0.29, 0.717) is 11.1 Å². The van der Waals surface area contributed by atoms with E-state index in [9.17, 15) is 0 Å². The summed E-state index contributed by atoms with van der Waals surface area (Å²) in [5.41, 5.74) is 1.10. The van der Waals surface area contributed by atoms with Gasteiger partial charge in [-0.2, -0.15) is 0 Å². The van der Waals surface area contributed by atoms with Crippen LogP contribution in [0.25, 0.3) is 0 Å². The lowest BCUT2D eigenvalue weighted by Crippen LogP contribution is -2.09. The second-order valence-corrected chi connectivity index (χ2v) is 7.17. The average molecular weight is 190 g/mol. The summed E-state index contributed by atoms with van der Waals surface area (Å²) in [6.45, 7) is 14.3. The Morgan fingerprint density at radius 1 is 1.25 bits per heavy atom. The molecule has 1 atom stereocenters. The predicted molar refractivity (Wildman–Crippen MR) is 58.0 cm³/mol. The molecule has 1 unspecified atom stereocenters. The van der Waals surface area contributed by atoms with Crippen molar-refractivity contribution in [1.82, 2.24) is 0 Å². The molecule has 0 aromatic carbocycles. The quantitative estimate of drug-likeness (QED) is 0.611. The molecule has 0 bridgehead atoms. The molecular weight excluding hydrogens is 167 g/mol. The molecule has 0 N–H and O–H groups in total. The Kier molecular flexibility index (Phi) is 5.36. The zero-order chi connectivity index (χ0) is 9.78. The van der Waals surface area contributed by atoms with Gasteiger partial charge in [0.15, 0.2) is 0 Å². The Labute approximate surface area is 78.7 Å². The minimum atomic E-state index is -0.193. The smallest absolute Gasteiger partial charge is 0.0513 e. The number of hydrogen-bond acceptors (Lipinski definition) is 1. The van der Waals surface area contributed by atoms with E-state index >= 15 is 0 Å². The third kappa shape index (κ3) is 7.06. The van der Waals surface area contributed by atoms with E-state index in [0.717, 1.165) is 13.0 Å². The van der Waals surface area contributed by atoms with Crippen LogP contribution in [0.1, 0.15) is 41.0 Å². The van der Waals surface area contributed by atoms with Gasteiger partial charge in [0.25, 0.3) is 0 Å². The van der Waals surface area contributed by atoms with E-state index in [2.05, 4.69) is 41.3 Å². The van der Waals surface area contributed by atoms with Crippen LogP contribution < -0.4 is 0 Å². The van der Waals surface area contributed by atoms with Gasteiger partial charge in [0.05, 0.1) is 6.61 Å². The summed E-state index contributed by atoms with van der Waals surface area (Å²) in [6.07, 6.45) is 1.16. The van der Waals surface area contributed by atoms with Gasteiger partial charge < -0.3 is 4.52 Å². The molecule has 1 nitrogen and oxygen atoms in total. The fraction of sp³-hybridized carbons (Fsp3) is 1.00. The lowest BCUT2D eigenvalue weighted by atomic mass is 9.93. The van der Waals surface area contributed by atoms with Gasteiger partial charge >= 0.3 is 0 Å². The monoisotopic (exact) mass is 190 g/mol. The van der Waals surface area contributed by atoms with Crippen molar-refractivity contribution in [3.05, 3.63) is 0 Å². The molecule has 0 aliphatic carbocycles. The van der Waals surface area contributed by atoms with E-state index in [1.165, 1.54) is 0 Å². The maximum atomic E-state index is 5.74. The van der Waals surface area contributed by atoms with Crippen molar-refractivity contribution in [2.24, 2.45) is 5.41 Å². The Morgan fingerprint density at radius 2 is 1.75 bits per heavy atom. The van der Waals surface area contributed by atoms with E-state index in [-0.39, 0.29) is 8.15 Å². The minimum Gasteiger partial charge on any atom is -0.359 e. The number of hydrogen-bond donors (Lipinski definition) is 0. The molecule has 12 heavy (non-hydrogen) atoms. The van der Waals surface area contributed by atoms with Crippen LogP contribution in [0.2, 0.25) is 0 Å². The fourth-order valence-electron chi connectivity index (χ4n) is 0.645. The van der Waals surface area contributed by atoms with Gasteiger partial charge in [0.1, 0.15) is 0 Å². The highest BCUT2D eigenvalue weighted by Gasteiger charge is 2.12. The van der Waals surface area contributed by atoms with Crippen molar-refractivity contribution in [3.8, 4) is 0 Å². The molecule has 2 heteroatoms. The lowest BCUT2D eigenvalue weighted by Gasteiger charge is -2.21. The van der Waals surface area contributed by atoms with Crippen molar-refractivity contribution in [2.75, 3.05) is 13.3 Å². The molecule has 0 fully saturated rings. The van der Waals surface area contributed by atoms with Gasteiger partial charge in [-0.15, -0.1) is 0 Å². The van der Waals surface area contributed by atoms with Gasteiger partial charge in [-0.25, -0.2) is 0 Å². The summed E-state index contributed by atoms with van der Waals surface area (Å²) >= 11 is 0. The van der Waals surface area contributed by atoms with Crippen LogP contribution in [-0.2, 0) is 4.52 Å². The van der Waals surface area contributed by atoms with Crippen molar-refractivity contribution < 1.29 is 4.52 Å². The van der Waals surface area contributed by atoms with E-state index in [4.69, 9.17) is 4.52 Å². The maximum Gasteiger partial charge on any atom is 0.0513 e. The average Bonchev–Trinajstić information content (AvgIpc) is 1.84. The van der Waals surface area contributed by atoms with Crippen LogP contribution in [0.5, 0.6) is 0 Å². The molecular formula is C10H23OP. The summed E-state index contributed by atoms with van der Waals surface area (Å²) in [6, 6.07) is 0. The van der Waals surface area contributed by atoms with Gasteiger partial charge in [-0.05, 0) is 24.2 Å². The number of rotatable bonds is 4. The molecule has 0 aliphatic heterocycles. The normalized spacial score (nSPS) is 15.2. The molecule has 0 saturated heterocycles. The van der Waals surface area contributed by atoms with Crippen LogP contribution in [0, 0.1) is 5.41 Å². The van der Waals surface area contributed by atoms with Gasteiger partial charge in [-0.1, -0.05) is 34.6 Å². The first-order chi connectivity index (χ1) is 5.33. The molecule has 0 aromatic rings. The van der Waals surface area contributed by atoms with E-state index in [1.54, 1.807) is 0 Å². The summed E-state index contributed by atoms with van der Waals surface area (Å²) in [5.74, 6) is 0. The summed E-state index contributed by atoms with van der Waals surface area (Å²) in [7, 11) is -0.193. The predicted octanol–water partition coefficient (Wildman–Crippen LogP) is 3.87. The Hall–Kier alpha value is 0.390. The highest BCUT2D eigenvalue weighted by atomic mass is 31.1. The van der Waals surface area contributed by atoms with Crippen LogP contribution in [0.4, 0.5) is 0 Å². The van der Waals surface area contributed by atoms with E-state index < -0.39 is 0 Å². The van der Waals surface area contributed by atoms with Crippen molar-refractivity contribution in [1.29, 1.82) is 0 Å². The van der Waals surface area contributed by atoms with Crippen molar-refractivity contribution in [2.45, 2.75) is 46.7 Å². The third-order valence-electron chi connectivity index (χ3n) is 1.87. The highest BCUT2D eigenvalue weighted by molar-refractivity contribution is 7.52. The molecule has 0 heterocycles. The Balaban J connectivity index is 3.44. The molecule has 0 rings (SSSR count). The standard InChI is InChI=1S/C10H23OP/c1-9(2)12(6)11-8-7-10(3,4)5/h9H,7-8H2,1-6H3. The largest absolute Gasteiger partial charge is 0.359 e. The summed E-state index contributed by atoms with van der Waals surface area (Å²) in [5, 5.41) is 0. The minimum absolute atomic E-state index is 0.193. The van der Waals surface area contributed by atoms with Crippen LogP contribution >= 0.6 is 8.15 Å². The second-order valence-electron chi connectivity index (χ2n) is 4.78. The van der Waals surface area contributed by atoms with Crippen LogP contribution in [-0.4, -0.2) is 18.9 Å². The topological polar surface area (TPSA) is 9.23 Å². The molecule has 0 spiro atoms. The summed E-state index contributed by atoms with van der Waals surface area (Å²) < 4.78 is 5.74. The molecule has 0 radical (unpaired) electrons. The fourth-order valence-corrected chi connectivity index (χ4v) is 1.32. The first-order valence-corrected chi connectivity index (χ1v) is 6.46. The van der Waals surface area contributed by atoms with Crippen molar-refractivity contribution >= 4 is 8.15 Å². The second kappa shape index (κ2) is 5.19. The third-order valence-corrected chi connectivity index (χ3v) is 3.92. The van der Waals surface area contributed by atoms with Gasteiger partial charge in [0, 0.05) is 8.15 Å². The lowest BCUT2D eigenvalue weighted by molar-refractivity contribution is 0.260. The highest BCUT2D eigenvalue weighted by Crippen LogP contribution is 2.38. The Morgan fingerprint density at radius 3 is 2.08 bits per heavy atom. The van der Waals surface area contributed by atoms with Crippen molar-refractivity contribution in [3.63, 3.8) is 0 Å². The molecule has 0 aliphatic rings. The van der Waals surface area contributed by atoms with Gasteiger partial charge in [-0.3, -0.25) is 0 Å². The maximum absolute atomic E-state index is 5.74. The van der Waals surface area contributed by atoms with Gasteiger partial charge in [0.2, 0.25) is 0 Å². The van der Waals surface area contributed by atoms with Crippen LogP contribution in [0.3, 0.4) is 0 Å². The SMILES string of the molecule is CC(C)P(C)OCCC(C)(C)C. The first kappa shape index (κ1) is 12.4. The molecule has 0 aromatic heterocycles. The molecule has 74 valence electrons. The summed E-state index contributed by atoms with van der Waals surface area (Å²) in [4.78, 5) is 0. The Bertz CT molecular complexity index is 115. The first-order valence-electron chi connectivity index (χ1n) is 4.68. The zero-order valence-electron chi connectivity index (χ0n) is 9.35.